The number of thiocarbonyl (C=S) groups is 1. The lowest BCUT2D eigenvalue weighted by Gasteiger charge is -2.12. The maximum Gasteiger partial charge on any atom is 0.305 e. The van der Waals surface area contributed by atoms with E-state index in [4.69, 9.17) is 22.1 Å². The van der Waals surface area contributed by atoms with Gasteiger partial charge in [-0.1, -0.05) is 72.5 Å². The van der Waals surface area contributed by atoms with Gasteiger partial charge < -0.3 is 9.84 Å². The topological polar surface area (TPSA) is 66.8 Å². The number of carbonyl (C=O) groups excluding carboxylic acids is 1. The van der Waals surface area contributed by atoms with Crippen LogP contribution in [0.4, 0.5) is 0 Å². The highest BCUT2D eigenvalue weighted by Gasteiger charge is 2.32. The number of amides is 1. The minimum absolute atomic E-state index is 0.0729. The van der Waals surface area contributed by atoms with Crippen LogP contribution >= 0.6 is 24.0 Å². The van der Waals surface area contributed by atoms with Crippen LogP contribution < -0.4 is 4.74 Å². The van der Waals surface area contributed by atoms with Crippen molar-refractivity contribution < 1.29 is 19.4 Å². The van der Waals surface area contributed by atoms with Gasteiger partial charge in [-0.2, -0.15) is 0 Å². The van der Waals surface area contributed by atoms with E-state index >= 15 is 0 Å². The summed E-state index contributed by atoms with van der Waals surface area (Å²) in [5, 5.41) is 8.82. The van der Waals surface area contributed by atoms with Crippen molar-refractivity contribution in [3.63, 3.8) is 0 Å². The summed E-state index contributed by atoms with van der Waals surface area (Å²) in [5.74, 6) is -0.575. The summed E-state index contributed by atoms with van der Waals surface area (Å²) in [5.41, 5.74) is 1.82. The molecule has 0 bridgehead atoms. The minimum Gasteiger partial charge on any atom is -0.488 e. The Hall–Kier alpha value is -2.64. The van der Waals surface area contributed by atoms with Crippen LogP contribution in [0.3, 0.4) is 0 Å². The third kappa shape index (κ3) is 4.96. The molecule has 1 heterocycles. The Labute approximate surface area is 166 Å². The molecule has 0 aliphatic carbocycles. The Morgan fingerprint density at radius 2 is 1.85 bits per heavy atom. The monoisotopic (exact) mass is 399 g/mol. The van der Waals surface area contributed by atoms with Crippen molar-refractivity contribution in [3.8, 4) is 5.75 Å². The number of hydrogen-bond donors (Lipinski definition) is 1. The molecule has 0 atom stereocenters. The second-order valence-corrected chi connectivity index (χ2v) is 7.46. The van der Waals surface area contributed by atoms with Crippen molar-refractivity contribution in [1.29, 1.82) is 0 Å². The smallest absolute Gasteiger partial charge is 0.305 e. The molecule has 1 aliphatic heterocycles. The molecule has 7 heteroatoms. The zero-order chi connectivity index (χ0) is 19.2. The summed E-state index contributed by atoms with van der Waals surface area (Å²) < 4.78 is 6.28. The van der Waals surface area contributed by atoms with Crippen molar-refractivity contribution >= 4 is 46.3 Å². The van der Waals surface area contributed by atoms with E-state index in [1.165, 1.54) is 16.7 Å². The molecule has 5 nitrogen and oxygen atoms in total. The van der Waals surface area contributed by atoms with Crippen LogP contribution in [-0.4, -0.2) is 32.7 Å². The molecule has 2 aromatic rings. The summed E-state index contributed by atoms with van der Waals surface area (Å²) in [6.07, 6.45) is 1.59. The van der Waals surface area contributed by atoms with E-state index in [9.17, 15) is 9.59 Å². The Balaban J connectivity index is 1.76. The van der Waals surface area contributed by atoms with E-state index in [1.807, 2.05) is 54.6 Å². The van der Waals surface area contributed by atoms with E-state index in [0.717, 1.165) is 11.1 Å². The molecule has 1 saturated heterocycles. The first-order valence-electron chi connectivity index (χ1n) is 8.27. The predicted octanol–water partition coefficient (Wildman–Crippen LogP) is 3.94. The first kappa shape index (κ1) is 19.1. The molecular weight excluding hydrogens is 382 g/mol. The fourth-order valence-electron chi connectivity index (χ4n) is 2.51. The maximum atomic E-state index is 12.5. The molecule has 27 heavy (non-hydrogen) atoms. The Bertz CT molecular complexity index is 896. The predicted molar refractivity (Wildman–Crippen MR) is 109 cm³/mol. The number of hydrogen-bond acceptors (Lipinski definition) is 5. The average Bonchev–Trinajstić information content (AvgIpc) is 2.93. The molecule has 1 fully saturated rings. The second-order valence-electron chi connectivity index (χ2n) is 5.79. The van der Waals surface area contributed by atoms with E-state index in [0.29, 0.717) is 21.6 Å². The Kier molecular flexibility index (Phi) is 6.26. The van der Waals surface area contributed by atoms with Crippen LogP contribution in [0, 0.1) is 0 Å². The van der Waals surface area contributed by atoms with Gasteiger partial charge in [0.2, 0.25) is 0 Å². The zero-order valence-electron chi connectivity index (χ0n) is 14.3. The average molecular weight is 399 g/mol. The van der Waals surface area contributed by atoms with Crippen LogP contribution in [0.15, 0.2) is 59.5 Å². The lowest BCUT2D eigenvalue weighted by Crippen LogP contribution is -2.30. The van der Waals surface area contributed by atoms with E-state index < -0.39 is 5.97 Å². The summed E-state index contributed by atoms with van der Waals surface area (Å²) in [6, 6.07) is 17.3. The number of carboxylic acids is 1. The molecule has 0 unspecified atom stereocenters. The number of carboxylic acid groups (broad SMARTS) is 1. The number of carbonyl (C=O) groups is 2. The molecule has 1 N–H and O–H groups in total. The number of ether oxygens (including phenoxy) is 1. The van der Waals surface area contributed by atoms with Gasteiger partial charge in [-0.05, 0) is 17.7 Å². The quantitative estimate of drug-likeness (QED) is 0.562. The number of thioether (sulfide) groups is 1. The summed E-state index contributed by atoms with van der Waals surface area (Å²) in [4.78, 5) is 25.1. The van der Waals surface area contributed by atoms with Crippen LogP contribution in [0.2, 0.25) is 0 Å². The van der Waals surface area contributed by atoms with Crippen molar-refractivity contribution in [2.75, 3.05) is 6.54 Å². The van der Waals surface area contributed by atoms with Gasteiger partial charge in [0.1, 0.15) is 16.7 Å². The van der Waals surface area contributed by atoms with Crippen molar-refractivity contribution in [3.05, 3.63) is 70.6 Å². The normalized spacial score (nSPS) is 15.4. The largest absolute Gasteiger partial charge is 0.488 e. The van der Waals surface area contributed by atoms with Crippen LogP contribution in [-0.2, 0) is 16.2 Å². The van der Waals surface area contributed by atoms with Gasteiger partial charge in [-0.25, -0.2) is 0 Å². The summed E-state index contributed by atoms with van der Waals surface area (Å²) in [7, 11) is 0. The molecule has 1 amide bonds. The first-order chi connectivity index (χ1) is 13.0. The fraction of sp³-hybridized carbons (Fsp3) is 0.150. The standard InChI is InChI=1S/C20H17NO4S2/c22-18(23)10-11-21-19(24)17(27-20(21)26)12-15-8-4-5-9-16(15)25-13-14-6-2-1-3-7-14/h1-9,12H,10-11,13H2,(H,22,23). The molecule has 3 rings (SSSR count). The van der Waals surface area contributed by atoms with E-state index in [-0.39, 0.29) is 18.9 Å². The number of aliphatic carboxylic acids is 1. The van der Waals surface area contributed by atoms with E-state index in [2.05, 4.69) is 0 Å². The second kappa shape index (κ2) is 8.83. The van der Waals surface area contributed by atoms with Gasteiger partial charge in [-0.15, -0.1) is 0 Å². The molecule has 138 valence electrons. The highest BCUT2D eigenvalue weighted by atomic mass is 32.2. The van der Waals surface area contributed by atoms with Gasteiger partial charge in [-0.3, -0.25) is 14.5 Å². The van der Waals surface area contributed by atoms with Crippen molar-refractivity contribution in [2.45, 2.75) is 13.0 Å². The first-order valence-corrected chi connectivity index (χ1v) is 9.50. The van der Waals surface area contributed by atoms with E-state index in [1.54, 1.807) is 6.08 Å². The molecule has 2 aromatic carbocycles. The SMILES string of the molecule is O=C(O)CCN1C(=O)C(=Cc2ccccc2OCc2ccccc2)SC1=S. The van der Waals surface area contributed by atoms with Crippen molar-refractivity contribution in [2.24, 2.45) is 0 Å². The van der Waals surface area contributed by atoms with Crippen LogP contribution in [0.25, 0.3) is 6.08 Å². The van der Waals surface area contributed by atoms with Gasteiger partial charge >= 0.3 is 5.97 Å². The number of nitrogens with zero attached hydrogens (tertiary/aromatic N) is 1. The number of benzene rings is 2. The molecule has 0 saturated carbocycles. The minimum atomic E-state index is -0.965. The zero-order valence-corrected chi connectivity index (χ0v) is 16.0. The number of rotatable bonds is 7. The third-order valence-electron chi connectivity index (χ3n) is 3.87. The van der Waals surface area contributed by atoms with Gasteiger partial charge in [0.05, 0.1) is 11.3 Å². The number of para-hydroxylation sites is 1. The molecule has 0 spiro atoms. The highest BCUT2D eigenvalue weighted by molar-refractivity contribution is 8.26. The Morgan fingerprint density at radius 1 is 1.15 bits per heavy atom. The van der Waals surface area contributed by atoms with Gasteiger partial charge in [0, 0.05) is 12.1 Å². The lowest BCUT2D eigenvalue weighted by atomic mass is 10.1. The molecular formula is C20H17NO4S2. The summed E-state index contributed by atoms with van der Waals surface area (Å²) >= 11 is 6.39. The van der Waals surface area contributed by atoms with Crippen LogP contribution in [0.5, 0.6) is 5.75 Å². The van der Waals surface area contributed by atoms with Gasteiger partial charge in [0.25, 0.3) is 5.91 Å². The summed E-state index contributed by atoms with van der Waals surface area (Å²) in [6.45, 7) is 0.495. The highest BCUT2D eigenvalue weighted by Crippen LogP contribution is 2.34. The fourth-order valence-corrected chi connectivity index (χ4v) is 3.81. The maximum absolute atomic E-state index is 12.5. The molecule has 0 radical (unpaired) electrons. The third-order valence-corrected chi connectivity index (χ3v) is 5.24. The molecule has 1 aliphatic rings. The Morgan fingerprint density at radius 3 is 2.59 bits per heavy atom. The van der Waals surface area contributed by atoms with Crippen molar-refractivity contribution in [1.82, 2.24) is 4.90 Å². The van der Waals surface area contributed by atoms with Crippen LogP contribution in [0.1, 0.15) is 17.5 Å². The molecule has 0 aromatic heterocycles. The lowest BCUT2D eigenvalue weighted by molar-refractivity contribution is -0.137. The van der Waals surface area contributed by atoms with Gasteiger partial charge in [0.15, 0.2) is 0 Å².